The summed E-state index contributed by atoms with van der Waals surface area (Å²) in [5.41, 5.74) is 1.68. The Morgan fingerprint density at radius 1 is 1.20 bits per heavy atom. The van der Waals surface area contributed by atoms with Gasteiger partial charge >= 0.3 is 0 Å². The summed E-state index contributed by atoms with van der Waals surface area (Å²) >= 11 is 0. The second kappa shape index (κ2) is 4.36. The van der Waals surface area contributed by atoms with Gasteiger partial charge < -0.3 is 5.32 Å². The summed E-state index contributed by atoms with van der Waals surface area (Å²) in [6.07, 6.45) is 4.21. The van der Waals surface area contributed by atoms with Crippen molar-refractivity contribution in [2.45, 2.75) is 45.2 Å². The fourth-order valence-electron chi connectivity index (χ4n) is 2.20. The average molecular weight is 203 g/mol. The summed E-state index contributed by atoms with van der Waals surface area (Å²) in [4.78, 5) is 0. The highest BCUT2D eigenvalue weighted by Gasteiger charge is 2.33. The van der Waals surface area contributed by atoms with Crippen LogP contribution >= 0.6 is 0 Å². The molecule has 0 saturated heterocycles. The summed E-state index contributed by atoms with van der Waals surface area (Å²) in [5.74, 6) is 0.876. The van der Waals surface area contributed by atoms with Gasteiger partial charge in [-0.15, -0.1) is 0 Å². The van der Waals surface area contributed by atoms with Gasteiger partial charge in [0.05, 0.1) is 0 Å². The lowest BCUT2D eigenvalue weighted by Crippen LogP contribution is -2.48. The molecule has 1 aliphatic rings. The monoisotopic (exact) mass is 203 g/mol. The first kappa shape index (κ1) is 10.7. The van der Waals surface area contributed by atoms with Gasteiger partial charge in [0.15, 0.2) is 0 Å². The van der Waals surface area contributed by atoms with E-state index >= 15 is 0 Å². The van der Waals surface area contributed by atoms with Crippen LogP contribution in [-0.2, 0) is 6.54 Å². The lowest BCUT2D eigenvalue weighted by atomic mass is 9.72. The van der Waals surface area contributed by atoms with E-state index in [1.54, 1.807) is 0 Å². The number of rotatable bonds is 4. The molecule has 0 heterocycles. The van der Waals surface area contributed by atoms with Crippen molar-refractivity contribution in [3.05, 3.63) is 35.9 Å². The highest BCUT2D eigenvalue weighted by Crippen LogP contribution is 2.35. The van der Waals surface area contributed by atoms with E-state index in [4.69, 9.17) is 0 Å². The van der Waals surface area contributed by atoms with Crippen molar-refractivity contribution in [2.24, 2.45) is 5.92 Å². The second-order valence-electron chi connectivity index (χ2n) is 5.19. The summed E-state index contributed by atoms with van der Waals surface area (Å²) in [5, 5.41) is 3.68. The Hall–Kier alpha value is -0.820. The third-order valence-electron chi connectivity index (χ3n) is 3.72. The van der Waals surface area contributed by atoms with Crippen molar-refractivity contribution in [2.75, 3.05) is 0 Å². The van der Waals surface area contributed by atoms with Gasteiger partial charge in [0.2, 0.25) is 0 Å². The van der Waals surface area contributed by atoms with Crippen LogP contribution < -0.4 is 5.32 Å². The smallest absolute Gasteiger partial charge is 0.0210 e. The van der Waals surface area contributed by atoms with Crippen molar-refractivity contribution in [1.82, 2.24) is 5.32 Å². The summed E-state index contributed by atoms with van der Waals surface area (Å²) < 4.78 is 0. The van der Waals surface area contributed by atoms with Crippen molar-refractivity contribution in [1.29, 1.82) is 0 Å². The fraction of sp³-hybridized carbons (Fsp3) is 0.571. The molecule has 0 amide bonds. The van der Waals surface area contributed by atoms with Crippen molar-refractivity contribution in [3.63, 3.8) is 0 Å². The predicted molar refractivity (Wildman–Crippen MR) is 64.7 cm³/mol. The van der Waals surface area contributed by atoms with Gasteiger partial charge in [-0.05, 0) is 38.2 Å². The topological polar surface area (TPSA) is 12.0 Å². The first-order valence-electron chi connectivity index (χ1n) is 5.97. The standard InChI is InChI=1S/C14H21N/c1-14(2,13-9-6-10-13)15-11-12-7-4-3-5-8-12/h3-5,7-8,13,15H,6,9-11H2,1-2H3. The van der Waals surface area contributed by atoms with Crippen LogP contribution in [0, 0.1) is 5.92 Å². The zero-order chi connectivity index (χ0) is 10.7. The first-order chi connectivity index (χ1) is 7.18. The molecule has 0 spiro atoms. The van der Waals surface area contributed by atoms with E-state index in [0.717, 1.165) is 12.5 Å². The van der Waals surface area contributed by atoms with E-state index in [2.05, 4.69) is 49.5 Å². The minimum Gasteiger partial charge on any atom is -0.307 e. The Kier molecular flexibility index (Phi) is 3.11. The Bertz CT molecular complexity index is 298. The molecule has 15 heavy (non-hydrogen) atoms. The fourth-order valence-corrected chi connectivity index (χ4v) is 2.20. The van der Waals surface area contributed by atoms with Crippen molar-refractivity contribution >= 4 is 0 Å². The minimum atomic E-state index is 0.300. The molecule has 0 radical (unpaired) electrons. The molecule has 1 aromatic rings. The third-order valence-corrected chi connectivity index (χ3v) is 3.72. The van der Waals surface area contributed by atoms with E-state index < -0.39 is 0 Å². The maximum atomic E-state index is 3.68. The molecule has 1 N–H and O–H groups in total. The molecule has 0 atom stereocenters. The quantitative estimate of drug-likeness (QED) is 0.791. The molecule has 1 aromatic carbocycles. The van der Waals surface area contributed by atoms with Crippen LogP contribution in [0.5, 0.6) is 0 Å². The van der Waals surface area contributed by atoms with Gasteiger partial charge in [-0.2, -0.15) is 0 Å². The summed E-state index contributed by atoms with van der Waals surface area (Å²) in [6, 6.07) is 10.6. The zero-order valence-electron chi connectivity index (χ0n) is 9.79. The number of hydrogen-bond donors (Lipinski definition) is 1. The zero-order valence-corrected chi connectivity index (χ0v) is 9.79. The van der Waals surface area contributed by atoms with Gasteiger partial charge in [-0.3, -0.25) is 0 Å². The summed E-state index contributed by atoms with van der Waals surface area (Å²) in [6.45, 7) is 5.66. The molecular formula is C14H21N. The van der Waals surface area contributed by atoms with Crippen LogP contribution in [-0.4, -0.2) is 5.54 Å². The molecule has 2 rings (SSSR count). The molecule has 0 bridgehead atoms. The van der Waals surface area contributed by atoms with E-state index in [9.17, 15) is 0 Å². The number of nitrogens with one attached hydrogen (secondary N) is 1. The van der Waals surface area contributed by atoms with Crippen LogP contribution in [0.15, 0.2) is 30.3 Å². The Balaban J connectivity index is 1.87. The highest BCUT2D eigenvalue weighted by molar-refractivity contribution is 5.14. The number of benzene rings is 1. The SMILES string of the molecule is CC(C)(NCc1ccccc1)C1CCC1. The Labute approximate surface area is 92.9 Å². The second-order valence-corrected chi connectivity index (χ2v) is 5.19. The molecular weight excluding hydrogens is 182 g/mol. The van der Waals surface area contributed by atoms with Gasteiger partial charge in [0, 0.05) is 12.1 Å². The maximum Gasteiger partial charge on any atom is 0.0210 e. The molecule has 0 aromatic heterocycles. The van der Waals surface area contributed by atoms with E-state index in [0.29, 0.717) is 5.54 Å². The maximum absolute atomic E-state index is 3.68. The Morgan fingerprint density at radius 2 is 1.87 bits per heavy atom. The van der Waals surface area contributed by atoms with Gasteiger partial charge in [0.25, 0.3) is 0 Å². The van der Waals surface area contributed by atoms with Crippen molar-refractivity contribution < 1.29 is 0 Å². The van der Waals surface area contributed by atoms with Crippen LogP contribution in [0.25, 0.3) is 0 Å². The molecule has 1 aliphatic carbocycles. The average Bonchev–Trinajstić information content (AvgIpc) is 2.13. The van der Waals surface area contributed by atoms with Crippen LogP contribution in [0.3, 0.4) is 0 Å². The normalized spacial score (nSPS) is 17.5. The largest absolute Gasteiger partial charge is 0.307 e. The molecule has 0 aliphatic heterocycles. The third kappa shape index (κ3) is 2.60. The van der Waals surface area contributed by atoms with E-state index in [-0.39, 0.29) is 0 Å². The molecule has 1 heteroatoms. The lowest BCUT2D eigenvalue weighted by molar-refractivity contribution is 0.157. The van der Waals surface area contributed by atoms with Crippen molar-refractivity contribution in [3.8, 4) is 0 Å². The highest BCUT2D eigenvalue weighted by atomic mass is 15.0. The van der Waals surface area contributed by atoms with Gasteiger partial charge in [0.1, 0.15) is 0 Å². The van der Waals surface area contributed by atoms with Gasteiger partial charge in [-0.25, -0.2) is 0 Å². The molecule has 1 fully saturated rings. The minimum absolute atomic E-state index is 0.300. The number of hydrogen-bond acceptors (Lipinski definition) is 1. The molecule has 82 valence electrons. The van der Waals surface area contributed by atoms with Crippen LogP contribution in [0.1, 0.15) is 38.7 Å². The first-order valence-corrected chi connectivity index (χ1v) is 5.97. The molecule has 1 saturated carbocycles. The van der Waals surface area contributed by atoms with Crippen LogP contribution in [0.4, 0.5) is 0 Å². The Morgan fingerprint density at radius 3 is 2.40 bits per heavy atom. The summed E-state index contributed by atoms with van der Waals surface area (Å²) in [7, 11) is 0. The van der Waals surface area contributed by atoms with Crippen LogP contribution in [0.2, 0.25) is 0 Å². The van der Waals surface area contributed by atoms with Gasteiger partial charge in [-0.1, -0.05) is 36.8 Å². The molecule has 0 unspecified atom stereocenters. The lowest BCUT2D eigenvalue weighted by Gasteiger charge is -2.41. The van der Waals surface area contributed by atoms with E-state index in [1.807, 2.05) is 0 Å². The van der Waals surface area contributed by atoms with E-state index in [1.165, 1.54) is 24.8 Å². The molecule has 1 nitrogen and oxygen atoms in total. The predicted octanol–water partition coefficient (Wildman–Crippen LogP) is 3.35.